The van der Waals surface area contributed by atoms with Gasteiger partial charge in [0.1, 0.15) is 5.82 Å². The largest absolute Gasteiger partial charge is 0.390 e. The van der Waals surface area contributed by atoms with Crippen LogP contribution in [0.3, 0.4) is 0 Å². The summed E-state index contributed by atoms with van der Waals surface area (Å²) in [5.41, 5.74) is 2.19. The summed E-state index contributed by atoms with van der Waals surface area (Å²) in [6.07, 6.45) is 1.62. The number of aromatic nitrogens is 1. The second-order valence-electron chi connectivity index (χ2n) is 3.70. The molecule has 2 aromatic rings. The predicted molar refractivity (Wildman–Crippen MR) is 64.6 cm³/mol. The van der Waals surface area contributed by atoms with E-state index in [1.54, 1.807) is 18.3 Å². The minimum absolute atomic E-state index is 0.106. The molecular weight excluding hydrogens is 219 g/mol. The number of anilines is 2. The number of hydrogen-bond donors (Lipinski definition) is 1. The molecule has 0 aliphatic rings. The van der Waals surface area contributed by atoms with E-state index in [2.05, 4.69) is 4.98 Å². The van der Waals surface area contributed by atoms with Gasteiger partial charge in [-0.25, -0.2) is 4.39 Å². The summed E-state index contributed by atoms with van der Waals surface area (Å²) in [4.78, 5) is 5.84. The van der Waals surface area contributed by atoms with Gasteiger partial charge < -0.3 is 10.0 Å². The Morgan fingerprint density at radius 3 is 2.71 bits per heavy atom. The topological polar surface area (TPSA) is 36.4 Å². The molecule has 3 nitrogen and oxygen atoms in total. The van der Waals surface area contributed by atoms with Crippen molar-refractivity contribution in [2.24, 2.45) is 0 Å². The van der Waals surface area contributed by atoms with Crippen molar-refractivity contribution < 1.29 is 9.50 Å². The summed E-state index contributed by atoms with van der Waals surface area (Å²) in [7, 11) is 1.84. The molecule has 1 aromatic heterocycles. The molecule has 0 saturated carbocycles. The molecule has 0 amide bonds. The van der Waals surface area contributed by atoms with E-state index in [0.717, 1.165) is 11.4 Å². The summed E-state index contributed by atoms with van der Waals surface area (Å²) < 4.78 is 13.1. The maximum Gasteiger partial charge on any atom is 0.125 e. The first-order valence-electron chi connectivity index (χ1n) is 5.26. The molecule has 0 aliphatic heterocycles. The summed E-state index contributed by atoms with van der Waals surface area (Å²) in [5, 5.41) is 9.02. The average molecular weight is 232 g/mol. The number of benzene rings is 1. The number of aliphatic hydroxyl groups is 1. The lowest BCUT2D eigenvalue weighted by atomic mass is 10.2. The lowest BCUT2D eigenvalue weighted by molar-refractivity contribution is 0.277. The molecule has 0 saturated heterocycles. The third-order valence-electron chi connectivity index (χ3n) is 2.54. The number of nitrogens with zero attached hydrogens (tertiary/aromatic N) is 2. The Bertz CT molecular complexity index is 516. The molecule has 1 N–H and O–H groups in total. The minimum Gasteiger partial charge on any atom is -0.390 e. The molecule has 1 heterocycles. The fourth-order valence-electron chi connectivity index (χ4n) is 1.59. The maximum absolute atomic E-state index is 13.1. The van der Waals surface area contributed by atoms with Gasteiger partial charge in [0.25, 0.3) is 0 Å². The zero-order chi connectivity index (χ0) is 12.3. The molecule has 0 bridgehead atoms. The van der Waals surface area contributed by atoms with Crippen LogP contribution in [0.4, 0.5) is 15.8 Å². The molecule has 0 spiro atoms. The van der Waals surface area contributed by atoms with Crippen LogP contribution in [0.1, 0.15) is 5.69 Å². The number of aliphatic hydroxyl groups excluding tert-OH is 1. The Kier molecular flexibility index (Phi) is 3.35. The van der Waals surface area contributed by atoms with Crippen LogP contribution in [0.15, 0.2) is 42.6 Å². The van der Waals surface area contributed by atoms with Gasteiger partial charge in [-0.3, -0.25) is 4.98 Å². The van der Waals surface area contributed by atoms with Gasteiger partial charge in [0.05, 0.1) is 12.3 Å². The number of hydrogen-bond acceptors (Lipinski definition) is 3. The molecular formula is C13H13FN2O. The Morgan fingerprint density at radius 2 is 2.00 bits per heavy atom. The van der Waals surface area contributed by atoms with Gasteiger partial charge in [0, 0.05) is 24.6 Å². The van der Waals surface area contributed by atoms with E-state index in [4.69, 9.17) is 5.11 Å². The molecule has 0 aliphatic carbocycles. The monoisotopic (exact) mass is 232 g/mol. The quantitative estimate of drug-likeness (QED) is 0.883. The molecule has 4 heteroatoms. The Labute approximate surface area is 99.2 Å². The van der Waals surface area contributed by atoms with Crippen LogP contribution in [0, 0.1) is 5.82 Å². The first-order valence-corrected chi connectivity index (χ1v) is 5.26. The Balaban J connectivity index is 2.33. The van der Waals surface area contributed by atoms with Gasteiger partial charge in [-0.1, -0.05) is 6.07 Å². The summed E-state index contributed by atoms with van der Waals surface area (Å²) in [5.74, 6) is -0.272. The van der Waals surface area contributed by atoms with Crippen molar-refractivity contribution in [3.05, 3.63) is 54.1 Å². The van der Waals surface area contributed by atoms with Crippen LogP contribution in [-0.4, -0.2) is 17.1 Å². The van der Waals surface area contributed by atoms with E-state index in [9.17, 15) is 4.39 Å². The van der Waals surface area contributed by atoms with Crippen molar-refractivity contribution in [1.82, 2.24) is 4.98 Å². The standard InChI is InChI=1S/C13H13FN2O/c1-16(12-4-2-3-10(14)7-12)13-5-6-15-11(8-13)9-17/h2-8,17H,9H2,1H3. The molecule has 17 heavy (non-hydrogen) atoms. The van der Waals surface area contributed by atoms with E-state index in [-0.39, 0.29) is 12.4 Å². The Morgan fingerprint density at radius 1 is 1.24 bits per heavy atom. The van der Waals surface area contributed by atoms with E-state index in [1.807, 2.05) is 24.1 Å². The summed E-state index contributed by atoms with van der Waals surface area (Å²) >= 11 is 0. The minimum atomic E-state index is -0.272. The molecule has 0 fully saturated rings. The van der Waals surface area contributed by atoms with E-state index in [1.165, 1.54) is 12.1 Å². The van der Waals surface area contributed by atoms with Gasteiger partial charge in [-0.2, -0.15) is 0 Å². The third-order valence-corrected chi connectivity index (χ3v) is 2.54. The molecule has 0 atom stereocenters. The normalized spacial score (nSPS) is 10.3. The van der Waals surface area contributed by atoms with Crippen LogP contribution in [0.5, 0.6) is 0 Å². The molecule has 0 radical (unpaired) electrons. The van der Waals surface area contributed by atoms with Crippen molar-refractivity contribution in [2.75, 3.05) is 11.9 Å². The Hall–Kier alpha value is -1.94. The molecule has 1 aromatic carbocycles. The van der Waals surface area contributed by atoms with Crippen LogP contribution in [0.2, 0.25) is 0 Å². The summed E-state index contributed by atoms with van der Waals surface area (Å²) in [6, 6.07) is 9.93. The van der Waals surface area contributed by atoms with E-state index >= 15 is 0 Å². The maximum atomic E-state index is 13.1. The lowest BCUT2D eigenvalue weighted by Gasteiger charge is -2.19. The zero-order valence-corrected chi connectivity index (χ0v) is 9.47. The highest BCUT2D eigenvalue weighted by Gasteiger charge is 2.05. The van der Waals surface area contributed by atoms with Crippen LogP contribution in [-0.2, 0) is 6.61 Å². The fraction of sp³-hybridized carbons (Fsp3) is 0.154. The van der Waals surface area contributed by atoms with Crippen LogP contribution < -0.4 is 4.90 Å². The number of halogens is 1. The second-order valence-corrected chi connectivity index (χ2v) is 3.70. The first kappa shape index (κ1) is 11.5. The fourth-order valence-corrected chi connectivity index (χ4v) is 1.59. The lowest BCUT2D eigenvalue weighted by Crippen LogP contribution is -2.10. The average Bonchev–Trinajstić information content (AvgIpc) is 2.38. The molecule has 88 valence electrons. The van der Waals surface area contributed by atoms with Gasteiger partial charge in [-0.05, 0) is 30.3 Å². The zero-order valence-electron chi connectivity index (χ0n) is 9.47. The van der Waals surface area contributed by atoms with E-state index in [0.29, 0.717) is 5.69 Å². The van der Waals surface area contributed by atoms with Gasteiger partial charge in [-0.15, -0.1) is 0 Å². The SMILES string of the molecule is CN(c1cccc(F)c1)c1ccnc(CO)c1. The van der Waals surface area contributed by atoms with E-state index < -0.39 is 0 Å². The summed E-state index contributed by atoms with van der Waals surface area (Å²) in [6.45, 7) is -0.106. The highest BCUT2D eigenvalue weighted by Crippen LogP contribution is 2.23. The van der Waals surface area contributed by atoms with Crippen molar-refractivity contribution in [3.8, 4) is 0 Å². The number of rotatable bonds is 3. The second kappa shape index (κ2) is 4.93. The smallest absolute Gasteiger partial charge is 0.125 e. The molecule has 0 unspecified atom stereocenters. The van der Waals surface area contributed by atoms with Crippen LogP contribution >= 0.6 is 0 Å². The van der Waals surface area contributed by atoms with Gasteiger partial charge >= 0.3 is 0 Å². The number of pyridine rings is 1. The highest BCUT2D eigenvalue weighted by atomic mass is 19.1. The van der Waals surface area contributed by atoms with Crippen molar-refractivity contribution in [2.45, 2.75) is 6.61 Å². The van der Waals surface area contributed by atoms with Crippen LogP contribution in [0.25, 0.3) is 0 Å². The third kappa shape index (κ3) is 2.60. The molecule has 2 rings (SSSR count). The van der Waals surface area contributed by atoms with Gasteiger partial charge in [0.15, 0.2) is 0 Å². The van der Waals surface area contributed by atoms with Crippen molar-refractivity contribution >= 4 is 11.4 Å². The van der Waals surface area contributed by atoms with Gasteiger partial charge in [0.2, 0.25) is 0 Å². The highest BCUT2D eigenvalue weighted by molar-refractivity contribution is 5.62. The van der Waals surface area contributed by atoms with Crippen molar-refractivity contribution in [1.29, 1.82) is 0 Å². The van der Waals surface area contributed by atoms with Crippen molar-refractivity contribution in [3.63, 3.8) is 0 Å². The predicted octanol–water partition coefficient (Wildman–Crippen LogP) is 2.48. The first-order chi connectivity index (χ1) is 8.20.